The maximum Gasteiger partial charge on any atom is 0.260 e. The molecule has 5 nitrogen and oxygen atoms in total. The molecule has 0 saturated heterocycles. The van der Waals surface area contributed by atoms with E-state index in [1.807, 2.05) is 11.4 Å². The Labute approximate surface area is 129 Å². The quantitative estimate of drug-likeness (QED) is 0.792. The van der Waals surface area contributed by atoms with E-state index in [1.54, 1.807) is 31.2 Å². The van der Waals surface area contributed by atoms with Gasteiger partial charge in [0.1, 0.15) is 5.00 Å². The molecular weight excluding hydrogens is 310 g/mol. The number of rotatable bonds is 3. The zero-order valence-electron chi connectivity index (χ0n) is 11.0. The standard InChI is InChI=1S/C14H10ClN3O2S/c1-8-16-13(20-18-8)11-5-6-21-14(11)17-12(19)9-3-2-4-10(15)7-9/h2-7H,1H3,(H,17,19). The van der Waals surface area contributed by atoms with E-state index in [2.05, 4.69) is 15.5 Å². The molecule has 3 aromatic rings. The molecule has 0 unspecified atom stereocenters. The van der Waals surface area contributed by atoms with Crippen molar-refractivity contribution in [3.8, 4) is 11.5 Å². The van der Waals surface area contributed by atoms with Crippen molar-refractivity contribution < 1.29 is 9.32 Å². The number of hydrogen-bond acceptors (Lipinski definition) is 5. The number of nitrogens with zero attached hydrogens (tertiary/aromatic N) is 2. The Balaban J connectivity index is 1.86. The minimum Gasteiger partial charge on any atom is -0.334 e. The second-order valence-corrected chi connectivity index (χ2v) is 5.63. The zero-order chi connectivity index (χ0) is 14.8. The number of anilines is 1. The first-order chi connectivity index (χ1) is 10.1. The van der Waals surface area contributed by atoms with Crippen molar-refractivity contribution in [1.29, 1.82) is 0 Å². The average Bonchev–Trinajstić information content (AvgIpc) is 3.07. The summed E-state index contributed by atoms with van der Waals surface area (Å²) in [6.45, 7) is 1.74. The summed E-state index contributed by atoms with van der Waals surface area (Å²) < 4.78 is 5.13. The third-order valence-electron chi connectivity index (χ3n) is 2.74. The first-order valence-corrected chi connectivity index (χ1v) is 7.34. The number of amides is 1. The molecule has 0 atom stereocenters. The number of aryl methyl sites for hydroxylation is 1. The molecule has 1 N–H and O–H groups in total. The van der Waals surface area contributed by atoms with Crippen molar-refractivity contribution in [1.82, 2.24) is 10.1 Å². The van der Waals surface area contributed by atoms with Gasteiger partial charge in [-0.15, -0.1) is 11.3 Å². The summed E-state index contributed by atoms with van der Waals surface area (Å²) in [5.74, 6) is 0.691. The predicted molar refractivity (Wildman–Crippen MR) is 81.8 cm³/mol. The van der Waals surface area contributed by atoms with Crippen LogP contribution in [0.25, 0.3) is 11.5 Å². The molecule has 3 rings (SSSR count). The van der Waals surface area contributed by atoms with E-state index >= 15 is 0 Å². The van der Waals surface area contributed by atoms with Gasteiger partial charge < -0.3 is 9.84 Å². The van der Waals surface area contributed by atoms with Crippen LogP contribution in [0.3, 0.4) is 0 Å². The number of halogens is 1. The second-order valence-electron chi connectivity index (χ2n) is 4.27. The molecule has 0 radical (unpaired) electrons. The monoisotopic (exact) mass is 319 g/mol. The summed E-state index contributed by atoms with van der Waals surface area (Å²) >= 11 is 7.28. The van der Waals surface area contributed by atoms with Crippen molar-refractivity contribution in [2.75, 3.05) is 5.32 Å². The Morgan fingerprint density at radius 3 is 2.95 bits per heavy atom. The van der Waals surface area contributed by atoms with Crippen LogP contribution in [0, 0.1) is 6.92 Å². The highest BCUT2D eigenvalue weighted by molar-refractivity contribution is 7.15. The molecule has 2 heterocycles. The van der Waals surface area contributed by atoms with Crippen molar-refractivity contribution in [3.05, 3.63) is 52.1 Å². The third-order valence-corrected chi connectivity index (χ3v) is 3.80. The normalized spacial score (nSPS) is 10.6. The predicted octanol–water partition coefficient (Wildman–Crippen LogP) is 4.01. The van der Waals surface area contributed by atoms with Crippen LogP contribution in [0.15, 0.2) is 40.2 Å². The maximum absolute atomic E-state index is 12.2. The molecule has 2 aromatic heterocycles. The fourth-order valence-electron chi connectivity index (χ4n) is 1.79. The van der Waals surface area contributed by atoms with Crippen LogP contribution in [0.1, 0.15) is 16.2 Å². The lowest BCUT2D eigenvalue weighted by Gasteiger charge is -2.04. The summed E-state index contributed by atoms with van der Waals surface area (Å²) in [7, 11) is 0. The Bertz CT molecular complexity index is 797. The lowest BCUT2D eigenvalue weighted by molar-refractivity contribution is 0.102. The van der Waals surface area contributed by atoms with Crippen LogP contribution in [-0.4, -0.2) is 16.0 Å². The van der Waals surface area contributed by atoms with Gasteiger partial charge in [-0.1, -0.05) is 22.8 Å². The summed E-state index contributed by atoms with van der Waals surface area (Å²) in [6.07, 6.45) is 0. The fourth-order valence-corrected chi connectivity index (χ4v) is 2.75. The molecule has 0 spiro atoms. The number of aromatic nitrogens is 2. The Morgan fingerprint density at radius 2 is 2.24 bits per heavy atom. The highest BCUT2D eigenvalue weighted by atomic mass is 35.5. The largest absolute Gasteiger partial charge is 0.334 e. The van der Waals surface area contributed by atoms with Crippen molar-refractivity contribution in [2.24, 2.45) is 0 Å². The van der Waals surface area contributed by atoms with Gasteiger partial charge >= 0.3 is 0 Å². The molecule has 0 aliphatic heterocycles. The van der Waals surface area contributed by atoms with Gasteiger partial charge in [-0.05, 0) is 36.6 Å². The highest BCUT2D eigenvalue weighted by Gasteiger charge is 2.16. The van der Waals surface area contributed by atoms with E-state index in [0.717, 1.165) is 0 Å². The van der Waals surface area contributed by atoms with E-state index in [9.17, 15) is 4.79 Å². The molecule has 7 heteroatoms. The molecule has 106 valence electrons. The molecule has 21 heavy (non-hydrogen) atoms. The van der Waals surface area contributed by atoms with Gasteiger partial charge in [-0.25, -0.2) is 0 Å². The minimum absolute atomic E-state index is 0.238. The number of carbonyl (C=O) groups is 1. The Morgan fingerprint density at radius 1 is 1.38 bits per heavy atom. The fraction of sp³-hybridized carbons (Fsp3) is 0.0714. The van der Waals surface area contributed by atoms with Crippen molar-refractivity contribution >= 4 is 33.8 Å². The summed E-state index contributed by atoms with van der Waals surface area (Å²) in [6, 6.07) is 8.58. The lowest BCUT2D eigenvalue weighted by atomic mass is 10.2. The van der Waals surface area contributed by atoms with E-state index in [-0.39, 0.29) is 5.91 Å². The van der Waals surface area contributed by atoms with Gasteiger partial charge in [-0.3, -0.25) is 4.79 Å². The number of nitrogens with one attached hydrogen (secondary N) is 1. The maximum atomic E-state index is 12.2. The molecule has 0 fully saturated rings. The van der Waals surface area contributed by atoms with E-state index < -0.39 is 0 Å². The molecule has 0 bridgehead atoms. The molecule has 1 amide bonds. The molecule has 1 aromatic carbocycles. The van der Waals surface area contributed by atoms with E-state index in [0.29, 0.717) is 32.9 Å². The van der Waals surface area contributed by atoms with Crippen LogP contribution >= 0.6 is 22.9 Å². The number of hydrogen-bond donors (Lipinski definition) is 1. The topological polar surface area (TPSA) is 68.0 Å². The highest BCUT2D eigenvalue weighted by Crippen LogP contribution is 2.32. The molecular formula is C14H10ClN3O2S. The molecule has 0 aliphatic rings. The summed E-state index contributed by atoms with van der Waals surface area (Å²) in [5.41, 5.74) is 1.19. The minimum atomic E-state index is -0.238. The van der Waals surface area contributed by atoms with Crippen LogP contribution in [0.5, 0.6) is 0 Å². The van der Waals surface area contributed by atoms with Crippen molar-refractivity contribution in [2.45, 2.75) is 6.92 Å². The number of carbonyl (C=O) groups excluding carboxylic acids is 1. The molecule has 0 aliphatic carbocycles. The average molecular weight is 320 g/mol. The van der Waals surface area contributed by atoms with Crippen LogP contribution < -0.4 is 5.32 Å². The van der Waals surface area contributed by atoms with Gasteiger partial charge in [0.05, 0.1) is 5.56 Å². The van der Waals surface area contributed by atoms with E-state index in [1.165, 1.54) is 11.3 Å². The van der Waals surface area contributed by atoms with Gasteiger partial charge in [-0.2, -0.15) is 4.98 Å². The van der Waals surface area contributed by atoms with Crippen LogP contribution in [-0.2, 0) is 0 Å². The van der Waals surface area contributed by atoms with Crippen molar-refractivity contribution in [3.63, 3.8) is 0 Å². The van der Waals surface area contributed by atoms with Gasteiger partial charge in [0.15, 0.2) is 5.82 Å². The van der Waals surface area contributed by atoms with Crippen LogP contribution in [0.2, 0.25) is 5.02 Å². The molecule has 0 saturated carbocycles. The first-order valence-electron chi connectivity index (χ1n) is 6.08. The lowest BCUT2D eigenvalue weighted by Crippen LogP contribution is -2.11. The first kappa shape index (κ1) is 13.8. The van der Waals surface area contributed by atoms with Gasteiger partial charge in [0, 0.05) is 10.6 Å². The van der Waals surface area contributed by atoms with E-state index in [4.69, 9.17) is 16.1 Å². The number of thiophene rings is 1. The Kier molecular flexibility index (Phi) is 3.72. The van der Waals surface area contributed by atoms with Gasteiger partial charge in [0.2, 0.25) is 0 Å². The zero-order valence-corrected chi connectivity index (χ0v) is 12.5. The smallest absolute Gasteiger partial charge is 0.260 e. The SMILES string of the molecule is Cc1noc(-c2ccsc2NC(=O)c2cccc(Cl)c2)n1. The van der Waals surface area contributed by atoms with Gasteiger partial charge in [0.25, 0.3) is 11.8 Å². The number of benzene rings is 1. The second kappa shape index (κ2) is 5.67. The summed E-state index contributed by atoms with van der Waals surface area (Å²) in [4.78, 5) is 16.4. The third kappa shape index (κ3) is 2.96. The Hall–Kier alpha value is -2.18. The summed E-state index contributed by atoms with van der Waals surface area (Å²) in [5, 5.41) is 9.61. The van der Waals surface area contributed by atoms with Crippen LogP contribution in [0.4, 0.5) is 5.00 Å².